The Bertz CT molecular complexity index is 511. The molecule has 0 aromatic heterocycles. The van der Waals surface area contributed by atoms with E-state index in [9.17, 15) is 15.3 Å². The summed E-state index contributed by atoms with van der Waals surface area (Å²) in [5.74, 6) is 1.38. The van der Waals surface area contributed by atoms with Crippen LogP contribution in [0.1, 0.15) is 116 Å². The molecule has 0 aromatic rings. The van der Waals surface area contributed by atoms with Gasteiger partial charge in [0.1, 0.15) is 15.1 Å². The molecule has 3 fully saturated rings. The molecule has 5 heteroatoms. The third-order valence-electron chi connectivity index (χ3n) is 8.53. The predicted octanol–water partition coefficient (Wildman–Crippen LogP) is 5.14. The minimum Gasteiger partial charge on any atom is -0.400 e. The third-order valence-corrected chi connectivity index (χ3v) is 8.53. The van der Waals surface area contributed by atoms with E-state index in [4.69, 9.17) is 7.85 Å². The first-order chi connectivity index (χ1) is 14.3. The summed E-state index contributed by atoms with van der Waals surface area (Å²) in [6.07, 6.45) is 17.4. The Morgan fingerprint density at radius 3 is 2.23 bits per heavy atom. The van der Waals surface area contributed by atoms with Gasteiger partial charge in [-0.1, -0.05) is 82.3 Å². The molecule has 0 spiro atoms. The Morgan fingerprint density at radius 2 is 1.40 bits per heavy atom. The molecule has 3 aliphatic carbocycles. The molecular weight excluding hydrogens is 370 g/mol. The van der Waals surface area contributed by atoms with Crippen LogP contribution in [-0.2, 0) is 0 Å². The van der Waals surface area contributed by atoms with E-state index in [0.717, 1.165) is 70.6 Å². The number of fused-ring (bicyclic) bond motifs is 1. The van der Waals surface area contributed by atoms with Gasteiger partial charge >= 0.3 is 0 Å². The molecule has 3 saturated carbocycles. The smallest absolute Gasteiger partial charge is 0.118 e. The number of rotatable bonds is 2. The first kappa shape index (κ1) is 24.6. The van der Waals surface area contributed by atoms with Crippen LogP contribution in [0.25, 0.3) is 0 Å². The van der Waals surface area contributed by atoms with Crippen LogP contribution in [0.4, 0.5) is 0 Å². The number of aliphatic hydroxyl groups is 3. The minimum atomic E-state index is -1.09. The van der Waals surface area contributed by atoms with E-state index in [1.807, 2.05) is 6.92 Å². The third kappa shape index (κ3) is 7.27. The Labute approximate surface area is 187 Å². The summed E-state index contributed by atoms with van der Waals surface area (Å²) in [6, 6.07) is 0. The van der Waals surface area contributed by atoms with E-state index in [0.29, 0.717) is 24.0 Å². The number of aliphatic hydroxyl groups excluding tert-OH is 1. The molecule has 0 saturated heterocycles. The molecule has 0 bridgehead atoms. The van der Waals surface area contributed by atoms with E-state index in [1.165, 1.54) is 32.1 Å². The van der Waals surface area contributed by atoms with Gasteiger partial charge in [0.15, 0.2) is 0 Å². The fourth-order valence-electron chi connectivity index (χ4n) is 6.72. The van der Waals surface area contributed by atoms with Crippen LogP contribution in [0.2, 0.25) is 11.6 Å². The quantitative estimate of drug-likeness (QED) is 0.548. The second-order valence-corrected chi connectivity index (χ2v) is 11.3. The van der Waals surface area contributed by atoms with Crippen molar-refractivity contribution in [2.24, 2.45) is 11.8 Å². The van der Waals surface area contributed by atoms with Gasteiger partial charge < -0.3 is 15.3 Å². The molecule has 3 N–H and O–H groups in total. The summed E-state index contributed by atoms with van der Waals surface area (Å²) >= 11 is 0. The van der Waals surface area contributed by atoms with E-state index in [2.05, 4.69) is 7.28 Å². The monoisotopic (exact) mass is 415 g/mol. The lowest BCUT2D eigenvalue weighted by molar-refractivity contribution is 0.00803. The second-order valence-electron chi connectivity index (χ2n) is 11.3. The fourth-order valence-corrected chi connectivity index (χ4v) is 6.72. The lowest BCUT2D eigenvalue weighted by Gasteiger charge is -2.43. The molecule has 3 aliphatic rings. The molecule has 0 aromatic carbocycles. The summed E-state index contributed by atoms with van der Waals surface area (Å²) in [4.78, 5) is 0. The normalized spacial score (nSPS) is 45.1. The molecule has 0 heterocycles. The van der Waals surface area contributed by atoms with Gasteiger partial charge in [-0.2, -0.15) is 0 Å². The first-order valence-corrected chi connectivity index (χ1v) is 13.0. The van der Waals surface area contributed by atoms with Gasteiger partial charge in [-0.25, -0.2) is 0 Å². The average molecular weight is 415 g/mol. The average Bonchev–Trinajstić information content (AvgIpc) is 2.82. The molecule has 7 atom stereocenters. The maximum absolute atomic E-state index is 11.1. The molecule has 30 heavy (non-hydrogen) atoms. The van der Waals surface area contributed by atoms with Gasteiger partial charge in [-0.05, 0) is 57.3 Å². The lowest BCUT2D eigenvalue weighted by atomic mass is 9.45. The van der Waals surface area contributed by atoms with Crippen LogP contribution in [-0.4, -0.2) is 47.7 Å². The standard InChI is InChI=1S/C25H45B2O3/c1-24(29)15-7-3-2-5-10-19(11-9-16-24)27-23-18-20(28)13-14-22-21(23)12-6-4-8-17-25(22,26)30/h19-23,28-30H,2-18H2,1H3. The van der Waals surface area contributed by atoms with E-state index in [1.54, 1.807) is 0 Å². The Kier molecular flexibility index (Phi) is 9.23. The van der Waals surface area contributed by atoms with Crippen LogP contribution in [0.5, 0.6) is 0 Å². The Morgan fingerprint density at radius 1 is 0.767 bits per heavy atom. The highest BCUT2D eigenvalue weighted by Gasteiger charge is 2.43. The summed E-state index contributed by atoms with van der Waals surface area (Å²) in [5, 5.41) is 32.4. The van der Waals surface area contributed by atoms with Crippen LogP contribution in [0.15, 0.2) is 0 Å². The molecule has 169 valence electrons. The number of hydrogen-bond acceptors (Lipinski definition) is 3. The van der Waals surface area contributed by atoms with Gasteiger partial charge in [0.25, 0.3) is 0 Å². The van der Waals surface area contributed by atoms with Crippen molar-refractivity contribution in [2.75, 3.05) is 0 Å². The highest BCUT2D eigenvalue weighted by molar-refractivity contribution is 6.39. The van der Waals surface area contributed by atoms with Gasteiger partial charge in [-0.15, -0.1) is 0 Å². The molecule has 3 rings (SSSR count). The number of hydrogen-bond donors (Lipinski definition) is 3. The maximum atomic E-state index is 11.1. The van der Waals surface area contributed by atoms with Gasteiger partial charge in [0.05, 0.1) is 11.7 Å². The fraction of sp³-hybridized carbons (Fsp3) is 1.00. The summed E-state index contributed by atoms with van der Waals surface area (Å²) < 4.78 is 0. The van der Waals surface area contributed by atoms with Crippen molar-refractivity contribution in [1.82, 2.24) is 0 Å². The van der Waals surface area contributed by atoms with E-state index < -0.39 is 11.1 Å². The second kappa shape index (κ2) is 11.2. The van der Waals surface area contributed by atoms with Crippen LogP contribution in [0, 0.1) is 11.8 Å². The summed E-state index contributed by atoms with van der Waals surface area (Å²) in [5.41, 5.74) is -1.61. The molecular formula is C25H45B2O3. The van der Waals surface area contributed by atoms with Crippen molar-refractivity contribution >= 4 is 15.1 Å². The van der Waals surface area contributed by atoms with Crippen molar-refractivity contribution in [1.29, 1.82) is 0 Å². The zero-order chi connectivity index (χ0) is 21.6. The van der Waals surface area contributed by atoms with Crippen LogP contribution < -0.4 is 0 Å². The summed E-state index contributed by atoms with van der Waals surface area (Å²) in [6.45, 7) is 2.01. The van der Waals surface area contributed by atoms with Gasteiger partial charge in [-0.3, -0.25) is 0 Å². The Balaban J connectivity index is 1.71. The largest absolute Gasteiger partial charge is 0.400 e. The predicted molar refractivity (Wildman–Crippen MR) is 126 cm³/mol. The highest BCUT2D eigenvalue weighted by atomic mass is 16.3. The van der Waals surface area contributed by atoms with Crippen molar-refractivity contribution in [3.8, 4) is 0 Å². The molecule has 7 unspecified atom stereocenters. The zero-order valence-electron chi connectivity index (χ0n) is 19.4. The Hall–Kier alpha value is 0.00987. The van der Waals surface area contributed by atoms with Crippen molar-refractivity contribution in [3.63, 3.8) is 0 Å². The van der Waals surface area contributed by atoms with Gasteiger partial charge in [0, 0.05) is 5.50 Å². The van der Waals surface area contributed by atoms with Crippen molar-refractivity contribution in [3.05, 3.63) is 0 Å². The van der Waals surface area contributed by atoms with Crippen LogP contribution >= 0.6 is 0 Å². The minimum absolute atomic E-state index is 0.0969. The first-order valence-electron chi connectivity index (χ1n) is 13.0. The molecule has 3 nitrogen and oxygen atoms in total. The van der Waals surface area contributed by atoms with E-state index in [-0.39, 0.29) is 12.0 Å². The van der Waals surface area contributed by atoms with Gasteiger partial charge in [0.2, 0.25) is 0 Å². The summed E-state index contributed by atoms with van der Waals surface area (Å²) in [7, 11) is 9.04. The van der Waals surface area contributed by atoms with Crippen LogP contribution in [0.3, 0.4) is 0 Å². The topological polar surface area (TPSA) is 60.7 Å². The zero-order valence-corrected chi connectivity index (χ0v) is 19.4. The molecule has 0 aliphatic heterocycles. The van der Waals surface area contributed by atoms with E-state index >= 15 is 0 Å². The van der Waals surface area contributed by atoms with Crippen molar-refractivity contribution < 1.29 is 15.3 Å². The SMILES string of the molecule is [B]C1(O)CCCCCC2C([B]C3CCCCCCC(C)(O)CCC3)CC(O)CCC21. The lowest BCUT2D eigenvalue weighted by Crippen LogP contribution is -2.44. The maximum Gasteiger partial charge on any atom is 0.118 e. The molecule has 3 radical (unpaired) electrons. The van der Waals surface area contributed by atoms with Crippen molar-refractivity contribution in [2.45, 2.75) is 145 Å². The molecule has 0 amide bonds. The highest BCUT2D eigenvalue weighted by Crippen LogP contribution is 2.48.